The zero-order valence-corrected chi connectivity index (χ0v) is 9.07. The molecule has 0 aliphatic heterocycles. The van der Waals surface area contributed by atoms with E-state index in [9.17, 15) is 20.3 Å². The van der Waals surface area contributed by atoms with Crippen LogP contribution in [0, 0.1) is 10.1 Å². The average Bonchev–Trinajstić information content (AvgIpc) is 2.17. The quantitative estimate of drug-likeness (QED) is 0.455. The van der Waals surface area contributed by atoms with E-state index in [0.717, 1.165) is 4.90 Å². The van der Waals surface area contributed by atoms with Crippen molar-refractivity contribution in [1.29, 1.82) is 0 Å². The molecular weight excluding hydrogens is 212 g/mol. The second kappa shape index (κ2) is 4.91. The van der Waals surface area contributed by atoms with E-state index in [1.807, 2.05) is 0 Å². The number of para-hydroxylation sites is 2. The lowest BCUT2D eigenvalue weighted by atomic mass is 10.2. The highest BCUT2D eigenvalue weighted by atomic mass is 16.6. The summed E-state index contributed by atoms with van der Waals surface area (Å²) in [6, 6.07) is 5.95. The van der Waals surface area contributed by atoms with Gasteiger partial charge in [-0.05, 0) is 19.9 Å². The maximum absolute atomic E-state index is 10.8. The molecule has 0 spiro atoms. The predicted octanol–water partition coefficient (Wildman–Crippen LogP) is 1.08. The summed E-state index contributed by atoms with van der Waals surface area (Å²) >= 11 is 0. The molecule has 0 aliphatic carbocycles. The Morgan fingerprint density at radius 2 is 1.75 bits per heavy atom. The number of nitrogens with zero attached hydrogens (tertiary/aromatic N) is 2. The summed E-state index contributed by atoms with van der Waals surface area (Å²) in [5, 5.41) is 29.8. The molecule has 0 amide bonds. The molecule has 6 nitrogen and oxygen atoms in total. The molecule has 16 heavy (non-hydrogen) atoms. The van der Waals surface area contributed by atoms with Crippen molar-refractivity contribution in [3.05, 3.63) is 34.4 Å². The Morgan fingerprint density at radius 3 is 2.19 bits per heavy atom. The highest BCUT2D eigenvalue weighted by Crippen LogP contribution is 2.29. The second-order valence-corrected chi connectivity index (χ2v) is 3.42. The van der Waals surface area contributed by atoms with Crippen LogP contribution in [0.4, 0.5) is 11.4 Å². The van der Waals surface area contributed by atoms with E-state index in [1.165, 1.54) is 32.0 Å². The Balaban J connectivity index is 3.23. The molecule has 2 atom stereocenters. The Hall–Kier alpha value is -1.66. The van der Waals surface area contributed by atoms with E-state index < -0.39 is 17.4 Å². The fourth-order valence-corrected chi connectivity index (χ4v) is 1.55. The molecule has 2 unspecified atom stereocenters. The van der Waals surface area contributed by atoms with Gasteiger partial charge >= 0.3 is 0 Å². The first-order chi connectivity index (χ1) is 7.45. The fraction of sp³-hybridized carbons (Fsp3) is 0.400. The number of hydrogen-bond donors (Lipinski definition) is 2. The van der Waals surface area contributed by atoms with Crippen LogP contribution in [0.5, 0.6) is 0 Å². The average molecular weight is 226 g/mol. The Kier molecular flexibility index (Phi) is 3.81. The van der Waals surface area contributed by atoms with Gasteiger partial charge in [-0.25, -0.2) is 0 Å². The Labute approximate surface area is 92.9 Å². The summed E-state index contributed by atoms with van der Waals surface area (Å²) in [5.74, 6) is 0. The maximum atomic E-state index is 10.8. The highest BCUT2D eigenvalue weighted by Gasteiger charge is 2.24. The largest absolute Gasteiger partial charge is 0.374 e. The third-order valence-corrected chi connectivity index (χ3v) is 2.16. The van der Waals surface area contributed by atoms with Gasteiger partial charge in [-0.1, -0.05) is 12.1 Å². The summed E-state index contributed by atoms with van der Waals surface area (Å²) < 4.78 is 0. The van der Waals surface area contributed by atoms with E-state index in [4.69, 9.17) is 0 Å². The summed E-state index contributed by atoms with van der Waals surface area (Å²) in [5.41, 5.74) is 0.0433. The minimum absolute atomic E-state index is 0.149. The highest BCUT2D eigenvalue weighted by molar-refractivity contribution is 5.63. The molecule has 0 fully saturated rings. The van der Waals surface area contributed by atoms with Gasteiger partial charge in [-0.15, -0.1) is 0 Å². The topological polar surface area (TPSA) is 86.8 Å². The summed E-state index contributed by atoms with van der Waals surface area (Å²) in [7, 11) is 0. The smallest absolute Gasteiger partial charge is 0.292 e. The molecule has 6 heteroatoms. The second-order valence-electron chi connectivity index (χ2n) is 3.42. The van der Waals surface area contributed by atoms with Crippen molar-refractivity contribution in [3.63, 3.8) is 0 Å². The minimum Gasteiger partial charge on any atom is -0.374 e. The van der Waals surface area contributed by atoms with Crippen molar-refractivity contribution in [3.8, 4) is 0 Å². The van der Waals surface area contributed by atoms with Crippen LogP contribution in [0.25, 0.3) is 0 Å². The number of aliphatic hydroxyl groups is 2. The van der Waals surface area contributed by atoms with Gasteiger partial charge in [-0.2, -0.15) is 0 Å². The van der Waals surface area contributed by atoms with Gasteiger partial charge in [0.25, 0.3) is 5.69 Å². The predicted molar refractivity (Wildman–Crippen MR) is 58.9 cm³/mol. The molecule has 0 bridgehead atoms. The lowest BCUT2D eigenvalue weighted by molar-refractivity contribution is -0.384. The van der Waals surface area contributed by atoms with Crippen LogP contribution in [0.1, 0.15) is 13.8 Å². The molecule has 2 N–H and O–H groups in total. The summed E-state index contributed by atoms with van der Waals surface area (Å²) in [4.78, 5) is 11.4. The Bertz CT molecular complexity index is 371. The van der Waals surface area contributed by atoms with Crippen molar-refractivity contribution < 1.29 is 15.1 Å². The van der Waals surface area contributed by atoms with Gasteiger partial charge in [-0.3, -0.25) is 10.1 Å². The fourth-order valence-electron chi connectivity index (χ4n) is 1.55. The molecular formula is C10H14N2O4. The first-order valence-corrected chi connectivity index (χ1v) is 4.83. The van der Waals surface area contributed by atoms with Gasteiger partial charge in [0.1, 0.15) is 18.1 Å². The minimum atomic E-state index is -1.01. The van der Waals surface area contributed by atoms with Crippen LogP contribution in [-0.4, -0.2) is 27.6 Å². The number of nitro groups is 1. The number of benzene rings is 1. The lowest BCUT2D eigenvalue weighted by Gasteiger charge is -2.29. The van der Waals surface area contributed by atoms with Crippen LogP contribution in [0.2, 0.25) is 0 Å². The van der Waals surface area contributed by atoms with Gasteiger partial charge in [0.2, 0.25) is 0 Å². The molecule has 1 rings (SSSR count). The van der Waals surface area contributed by atoms with Crippen molar-refractivity contribution in [1.82, 2.24) is 0 Å². The van der Waals surface area contributed by atoms with Gasteiger partial charge in [0.15, 0.2) is 0 Å². The SMILES string of the molecule is CC(O)N(c1ccccc1[N+](=O)[O-])C(C)O. The zero-order valence-electron chi connectivity index (χ0n) is 9.07. The Morgan fingerprint density at radius 1 is 1.25 bits per heavy atom. The molecule has 1 aromatic carbocycles. The molecule has 0 saturated heterocycles. The summed E-state index contributed by atoms with van der Waals surface area (Å²) in [6.45, 7) is 2.87. The van der Waals surface area contributed by atoms with E-state index in [0.29, 0.717) is 0 Å². The van der Waals surface area contributed by atoms with Crippen LogP contribution in [-0.2, 0) is 0 Å². The number of anilines is 1. The zero-order chi connectivity index (χ0) is 12.3. The van der Waals surface area contributed by atoms with Crippen molar-refractivity contribution >= 4 is 11.4 Å². The molecule has 0 aromatic heterocycles. The molecule has 0 saturated carbocycles. The molecule has 1 aromatic rings. The van der Waals surface area contributed by atoms with E-state index in [1.54, 1.807) is 6.07 Å². The third kappa shape index (κ3) is 2.47. The normalized spacial score (nSPS) is 14.2. The monoisotopic (exact) mass is 226 g/mol. The number of rotatable bonds is 4. The van der Waals surface area contributed by atoms with Crippen molar-refractivity contribution in [2.24, 2.45) is 0 Å². The number of nitro benzene ring substituents is 1. The molecule has 0 heterocycles. The maximum Gasteiger partial charge on any atom is 0.292 e. The van der Waals surface area contributed by atoms with E-state index >= 15 is 0 Å². The standard InChI is InChI=1S/C10H14N2O4/c1-7(13)11(8(2)14)9-5-3-4-6-10(9)12(15)16/h3-8,13-14H,1-2H3. The first kappa shape index (κ1) is 12.4. The van der Waals surface area contributed by atoms with Gasteiger partial charge in [0, 0.05) is 6.07 Å². The van der Waals surface area contributed by atoms with Crippen LogP contribution in [0.15, 0.2) is 24.3 Å². The lowest BCUT2D eigenvalue weighted by Crippen LogP contribution is -2.40. The molecule has 0 radical (unpaired) electrons. The first-order valence-electron chi connectivity index (χ1n) is 4.83. The van der Waals surface area contributed by atoms with Crippen LogP contribution in [0.3, 0.4) is 0 Å². The van der Waals surface area contributed by atoms with Gasteiger partial charge in [0.05, 0.1) is 4.92 Å². The van der Waals surface area contributed by atoms with Crippen LogP contribution >= 0.6 is 0 Å². The van der Waals surface area contributed by atoms with Gasteiger partial charge < -0.3 is 15.1 Å². The summed E-state index contributed by atoms with van der Waals surface area (Å²) in [6.07, 6.45) is -2.03. The molecule has 88 valence electrons. The number of aliphatic hydroxyl groups excluding tert-OH is 2. The van der Waals surface area contributed by atoms with Crippen molar-refractivity contribution in [2.75, 3.05) is 4.90 Å². The van der Waals surface area contributed by atoms with Crippen LogP contribution < -0.4 is 4.90 Å². The van der Waals surface area contributed by atoms with Crippen molar-refractivity contribution in [2.45, 2.75) is 26.3 Å². The number of hydrogen-bond acceptors (Lipinski definition) is 5. The third-order valence-electron chi connectivity index (χ3n) is 2.16. The van der Waals surface area contributed by atoms with E-state index in [-0.39, 0.29) is 11.4 Å². The van der Waals surface area contributed by atoms with E-state index in [2.05, 4.69) is 0 Å². The molecule has 0 aliphatic rings.